The Kier molecular flexibility index (Phi) is 2.92. The van der Waals surface area contributed by atoms with Gasteiger partial charge in [0.15, 0.2) is 6.19 Å². The number of hydrogen-bond donors (Lipinski definition) is 2. The van der Waals surface area contributed by atoms with Crippen LogP contribution in [0.5, 0.6) is 5.75 Å². The molecule has 0 atom stereocenters. The van der Waals surface area contributed by atoms with Gasteiger partial charge in [0.2, 0.25) is 0 Å². The first-order valence-corrected chi connectivity index (χ1v) is 3.75. The van der Waals surface area contributed by atoms with Crippen LogP contribution in [0.4, 0.5) is 5.69 Å². The maximum Gasteiger partial charge on any atom is 0.337 e. The summed E-state index contributed by atoms with van der Waals surface area (Å²) in [5.74, 6) is -0.599. The molecule has 72 valence electrons. The van der Waals surface area contributed by atoms with Crippen LogP contribution in [0.3, 0.4) is 0 Å². The fourth-order valence-electron chi connectivity index (χ4n) is 1.00. The average Bonchev–Trinajstić information content (AvgIpc) is 2.17. The predicted octanol–water partition coefficient (Wildman–Crippen LogP) is 1.29. The summed E-state index contributed by atoms with van der Waals surface area (Å²) in [5.41, 5.74) is 0.256. The minimum absolute atomic E-state index is 0.0346. The zero-order valence-electron chi connectivity index (χ0n) is 7.44. The molecule has 0 spiro atoms. The van der Waals surface area contributed by atoms with E-state index < -0.39 is 5.97 Å². The molecule has 1 aromatic rings. The summed E-state index contributed by atoms with van der Waals surface area (Å²) in [6, 6.07) is 4.35. The van der Waals surface area contributed by atoms with E-state index in [1.165, 1.54) is 25.3 Å². The monoisotopic (exact) mass is 192 g/mol. The highest BCUT2D eigenvalue weighted by Gasteiger charge is 2.10. The van der Waals surface area contributed by atoms with Crippen LogP contribution in [0.1, 0.15) is 10.4 Å². The molecule has 0 bridgehead atoms. The quantitative estimate of drug-likeness (QED) is 0.557. The lowest BCUT2D eigenvalue weighted by Gasteiger charge is -2.05. The molecule has 1 aromatic carbocycles. The molecule has 2 N–H and O–H groups in total. The lowest BCUT2D eigenvalue weighted by molar-refractivity contribution is 0.0698. The van der Waals surface area contributed by atoms with E-state index >= 15 is 0 Å². The van der Waals surface area contributed by atoms with E-state index in [2.05, 4.69) is 5.32 Å². The van der Waals surface area contributed by atoms with Crippen molar-refractivity contribution in [2.45, 2.75) is 0 Å². The van der Waals surface area contributed by atoms with Crippen LogP contribution in [-0.4, -0.2) is 18.2 Å². The minimum Gasteiger partial charge on any atom is -0.497 e. The Bertz CT molecular complexity index is 396. The summed E-state index contributed by atoms with van der Waals surface area (Å²) >= 11 is 0. The van der Waals surface area contributed by atoms with Crippen molar-refractivity contribution in [3.05, 3.63) is 23.8 Å². The summed E-state index contributed by atoms with van der Waals surface area (Å²) in [4.78, 5) is 10.7. The second-order valence-electron chi connectivity index (χ2n) is 2.45. The number of ether oxygens (including phenoxy) is 1. The number of carboxylic acids is 1. The predicted molar refractivity (Wildman–Crippen MR) is 49.2 cm³/mol. The zero-order chi connectivity index (χ0) is 10.6. The highest BCUT2D eigenvalue weighted by Crippen LogP contribution is 2.22. The Hall–Kier alpha value is -2.22. The molecule has 0 saturated carbocycles. The van der Waals surface area contributed by atoms with Gasteiger partial charge in [0.05, 0.1) is 18.4 Å². The first-order chi connectivity index (χ1) is 6.69. The number of rotatable bonds is 3. The van der Waals surface area contributed by atoms with Crippen LogP contribution < -0.4 is 10.1 Å². The van der Waals surface area contributed by atoms with Crippen molar-refractivity contribution < 1.29 is 14.6 Å². The largest absolute Gasteiger partial charge is 0.497 e. The van der Waals surface area contributed by atoms with Crippen LogP contribution in [0.15, 0.2) is 18.2 Å². The van der Waals surface area contributed by atoms with Gasteiger partial charge < -0.3 is 9.84 Å². The average molecular weight is 192 g/mol. The van der Waals surface area contributed by atoms with E-state index in [4.69, 9.17) is 15.1 Å². The summed E-state index contributed by atoms with van der Waals surface area (Å²) in [6.45, 7) is 0. The molecule has 0 amide bonds. The van der Waals surface area contributed by atoms with Crippen molar-refractivity contribution in [3.8, 4) is 11.9 Å². The van der Waals surface area contributed by atoms with E-state index in [-0.39, 0.29) is 11.3 Å². The molecule has 1 rings (SSSR count). The normalized spacial score (nSPS) is 8.86. The van der Waals surface area contributed by atoms with Gasteiger partial charge in [-0.2, -0.15) is 5.26 Å². The standard InChI is InChI=1S/C9H8N2O3/c1-14-6-2-3-7(9(12)13)8(4-6)11-5-10/h2-4,11H,1H3,(H,12,13). The molecule has 0 unspecified atom stereocenters. The number of nitriles is 1. The molecule has 0 saturated heterocycles. The third kappa shape index (κ3) is 1.93. The molecule has 0 fully saturated rings. The Morgan fingerprint density at radius 1 is 1.64 bits per heavy atom. The van der Waals surface area contributed by atoms with E-state index in [0.29, 0.717) is 5.75 Å². The molecular formula is C9H8N2O3. The first-order valence-electron chi connectivity index (χ1n) is 3.75. The van der Waals surface area contributed by atoms with Gasteiger partial charge in [0.25, 0.3) is 0 Å². The number of benzene rings is 1. The van der Waals surface area contributed by atoms with Crippen LogP contribution in [-0.2, 0) is 0 Å². The molecule has 0 aromatic heterocycles. The van der Waals surface area contributed by atoms with E-state index in [1.54, 1.807) is 6.19 Å². The molecule has 0 aliphatic carbocycles. The second-order valence-corrected chi connectivity index (χ2v) is 2.45. The smallest absolute Gasteiger partial charge is 0.337 e. The second kappa shape index (κ2) is 4.14. The summed E-state index contributed by atoms with van der Waals surface area (Å²) in [7, 11) is 1.46. The van der Waals surface area contributed by atoms with Crippen LogP contribution in [0.25, 0.3) is 0 Å². The number of aromatic carboxylic acids is 1. The highest BCUT2D eigenvalue weighted by atomic mass is 16.5. The van der Waals surface area contributed by atoms with Crippen LogP contribution in [0.2, 0.25) is 0 Å². The van der Waals surface area contributed by atoms with E-state index in [0.717, 1.165) is 0 Å². The van der Waals surface area contributed by atoms with Crippen LogP contribution >= 0.6 is 0 Å². The molecular weight excluding hydrogens is 184 g/mol. The minimum atomic E-state index is -1.09. The molecule has 5 nitrogen and oxygen atoms in total. The Balaban J connectivity index is 3.18. The lowest BCUT2D eigenvalue weighted by atomic mass is 10.1. The van der Waals surface area contributed by atoms with Crippen LogP contribution in [0, 0.1) is 11.5 Å². The third-order valence-corrected chi connectivity index (χ3v) is 1.65. The summed E-state index contributed by atoms with van der Waals surface area (Å²) < 4.78 is 4.89. The number of nitrogens with one attached hydrogen (secondary N) is 1. The van der Waals surface area contributed by atoms with Gasteiger partial charge in [-0.25, -0.2) is 4.79 Å². The maximum atomic E-state index is 10.7. The van der Waals surface area contributed by atoms with E-state index in [1.807, 2.05) is 0 Å². The van der Waals surface area contributed by atoms with Crippen molar-refractivity contribution in [1.82, 2.24) is 0 Å². The van der Waals surface area contributed by atoms with Crippen molar-refractivity contribution in [1.29, 1.82) is 5.26 Å². The van der Waals surface area contributed by atoms with Crippen molar-refractivity contribution >= 4 is 11.7 Å². The number of nitrogens with zero attached hydrogens (tertiary/aromatic N) is 1. The number of methoxy groups -OCH3 is 1. The van der Waals surface area contributed by atoms with Gasteiger partial charge >= 0.3 is 5.97 Å². The molecule has 14 heavy (non-hydrogen) atoms. The fourth-order valence-corrected chi connectivity index (χ4v) is 1.00. The van der Waals surface area contributed by atoms with Gasteiger partial charge in [-0.1, -0.05) is 0 Å². The highest BCUT2D eigenvalue weighted by molar-refractivity contribution is 5.94. The molecule has 0 radical (unpaired) electrons. The maximum absolute atomic E-state index is 10.7. The SMILES string of the molecule is COc1ccc(C(=O)O)c(NC#N)c1. The van der Waals surface area contributed by atoms with Crippen molar-refractivity contribution in [2.24, 2.45) is 0 Å². The van der Waals surface area contributed by atoms with Gasteiger partial charge in [-0.15, -0.1) is 0 Å². The molecule has 0 aliphatic rings. The fraction of sp³-hybridized carbons (Fsp3) is 0.111. The van der Waals surface area contributed by atoms with Gasteiger partial charge in [0.1, 0.15) is 5.75 Å². The Morgan fingerprint density at radius 2 is 2.36 bits per heavy atom. The first kappa shape index (κ1) is 9.86. The Labute approximate surface area is 80.5 Å². The number of carbonyl (C=O) groups is 1. The van der Waals surface area contributed by atoms with Gasteiger partial charge in [-0.3, -0.25) is 5.32 Å². The molecule has 0 aliphatic heterocycles. The van der Waals surface area contributed by atoms with Crippen molar-refractivity contribution in [3.63, 3.8) is 0 Å². The molecule has 5 heteroatoms. The summed E-state index contributed by atoms with van der Waals surface area (Å²) in [6.07, 6.45) is 1.66. The molecule has 0 heterocycles. The van der Waals surface area contributed by atoms with Gasteiger partial charge in [0, 0.05) is 6.07 Å². The van der Waals surface area contributed by atoms with E-state index in [9.17, 15) is 4.79 Å². The number of carboxylic acid groups (broad SMARTS) is 1. The zero-order valence-corrected chi connectivity index (χ0v) is 7.44. The number of anilines is 1. The van der Waals surface area contributed by atoms with Gasteiger partial charge in [-0.05, 0) is 12.1 Å². The number of hydrogen-bond acceptors (Lipinski definition) is 4. The topological polar surface area (TPSA) is 82.3 Å². The third-order valence-electron chi connectivity index (χ3n) is 1.65. The Morgan fingerprint density at radius 3 is 2.86 bits per heavy atom. The lowest BCUT2D eigenvalue weighted by Crippen LogP contribution is -2.02. The van der Waals surface area contributed by atoms with Crippen molar-refractivity contribution in [2.75, 3.05) is 12.4 Å². The summed E-state index contributed by atoms with van der Waals surface area (Å²) in [5, 5.41) is 19.4.